The van der Waals surface area contributed by atoms with Crippen LogP contribution in [0.1, 0.15) is 23.3 Å². The van der Waals surface area contributed by atoms with Crippen molar-refractivity contribution < 1.29 is 9.53 Å². The Morgan fingerprint density at radius 3 is 3.00 bits per heavy atom. The highest BCUT2D eigenvalue weighted by molar-refractivity contribution is 5.86. The van der Waals surface area contributed by atoms with Crippen LogP contribution in [-0.4, -0.2) is 22.5 Å². The Labute approximate surface area is 76.0 Å². The summed E-state index contributed by atoms with van der Waals surface area (Å²) in [4.78, 5) is 18.9. The highest BCUT2D eigenvalue weighted by atomic mass is 16.5. The van der Waals surface area contributed by atoms with Gasteiger partial charge in [-0.05, 0) is 18.8 Å². The lowest BCUT2D eigenvalue weighted by atomic mass is 10.4. The number of hydrogen-bond acceptors (Lipinski definition) is 4. The third-order valence-corrected chi connectivity index (χ3v) is 1.92. The van der Waals surface area contributed by atoms with Crippen LogP contribution in [0.2, 0.25) is 0 Å². The van der Waals surface area contributed by atoms with Crippen molar-refractivity contribution in [1.29, 1.82) is 0 Å². The zero-order valence-electron chi connectivity index (χ0n) is 7.14. The number of aromatic nitrogens is 2. The molecule has 0 atom stereocenters. The first-order valence-corrected chi connectivity index (χ1v) is 4.29. The van der Waals surface area contributed by atoms with Crippen molar-refractivity contribution >= 4 is 5.97 Å². The topological polar surface area (TPSA) is 52.1 Å². The summed E-state index contributed by atoms with van der Waals surface area (Å²) in [5.41, 5.74) is 0.281. The van der Waals surface area contributed by atoms with E-state index in [9.17, 15) is 4.79 Å². The second-order valence-electron chi connectivity index (χ2n) is 3.13. The number of ether oxygens (including phenoxy) is 1. The number of nitrogens with zero attached hydrogens (tertiary/aromatic N) is 2. The van der Waals surface area contributed by atoms with Crippen LogP contribution < -0.4 is 0 Å². The van der Waals surface area contributed by atoms with Crippen LogP contribution in [-0.2, 0) is 4.74 Å². The van der Waals surface area contributed by atoms with Crippen LogP contribution in [0.5, 0.6) is 0 Å². The molecule has 68 valence electrons. The zero-order chi connectivity index (χ0) is 9.10. The molecule has 0 amide bonds. The molecule has 1 heterocycles. The third-order valence-electron chi connectivity index (χ3n) is 1.92. The van der Waals surface area contributed by atoms with Crippen LogP contribution in [0.4, 0.5) is 0 Å². The summed E-state index contributed by atoms with van der Waals surface area (Å²) < 4.78 is 5.01. The van der Waals surface area contributed by atoms with Gasteiger partial charge in [0.1, 0.15) is 0 Å². The smallest absolute Gasteiger partial charge is 0.358 e. The van der Waals surface area contributed by atoms with E-state index in [0.29, 0.717) is 12.5 Å². The molecule has 1 aromatic heterocycles. The molecule has 1 aromatic rings. The highest BCUT2D eigenvalue weighted by Gasteiger charge is 2.23. The Bertz CT molecular complexity index is 296. The molecule has 1 aliphatic carbocycles. The van der Waals surface area contributed by atoms with E-state index in [0.717, 1.165) is 0 Å². The molecule has 0 bridgehead atoms. The average Bonchev–Trinajstić information content (AvgIpc) is 2.99. The van der Waals surface area contributed by atoms with Gasteiger partial charge >= 0.3 is 5.97 Å². The van der Waals surface area contributed by atoms with Crippen molar-refractivity contribution in [3.05, 3.63) is 24.3 Å². The molecule has 0 N–H and O–H groups in total. The summed E-state index contributed by atoms with van der Waals surface area (Å²) in [6.07, 6.45) is 6.77. The van der Waals surface area contributed by atoms with Gasteiger partial charge in [0.05, 0.1) is 12.8 Å². The summed E-state index contributed by atoms with van der Waals surface area (Å²) >= 11 is 0. The molecular weight excluding hydrogens is 168 g/mol. The maximum Gasteiger partial charge on any atom is 0.358 e. The second kappa shape index (κ2) is 3.51. The van der Waals surface area contributed by atoms with Crippen molar-refractivity contribution in [2.24, 2.45) is 5.92 Å². The predicted molar refractivity (Wildman–Crippen MR) is 45.0 cm³/mol. The molecule has 4 nitrogen and oxygen atoms in total. The number of carbonyl (C=O) groups excluding carboxylic acids is 1. The Morgan fingerprint density at radius 1 is 1.54 bits per heavy atom. The van der Waals surface area contributed by atoms with Gasteiger partial charge in [-0.2, -0.15) is 0 Å². The van der Waals surface area contributed by atoms with E-state index < -0.39 is 0 Å². The molecular formula is C9H10N2O2. The molecule has 0 saturated heterocycles. The summed E-state index contributed by atoms with van der Waals surface area (Å²) in [6, 6.07) is 0. The lowest BCUT2D eigenvalue weighted by Crippen LogP contribution is -2.09. The minimum atomic E-state index is -0.375. The van der Waals surface area contributed by atoms with Gasteiger partial charge in [-0.25, -0.2) is 9.78 Å². The van der Waals surface area contributed by atoms with Gasteiger partial charge in [-0.3, -0.25) is 4.98 Å². The Kier molecular flexibility index (Phi) is 2.21. The van der Waals surface area contributed by atoms with E-state index in [4.69, 9.17) is 4.74 Å². The minimum Gasteiger partial charge on any atom is -0.461 e. The van der Waals surface area contributed by atoms with Crippen LogP contribution in [0, 0.1) is 5.92 Å². The quantitative estimate of drug-likeness (QED) is 0.649. The number of hydrogen-bond donors (Lipinski definition) is 0. The first kappa shape index (κ1) is 8.16. The standard InChI is InChI=1S/C9H10N2O2/c12-9(13-6-7-1-2-7)8-5-10-3-4-11-8/h3-5,7H,1-2,6H2. The van der Waals surface area contributed by atoms with E-state index in [-0.39, 0.29) is 11.7 Å². The molecule has 1 aliphatic rings. The van der Waals surface area contributed by atoms with E-state index >= 15 is 0 Å². The molecule has 0 aromatic carbocycles. The average molecular weight is 178 g/mol. The van der Waals surface area contributed by atoms with Crippen molar-refractivity contribution in [3.8, 4) is 0 Å². The second-order valence-corrected chi connectivity index (χ2v) is 3.13. The zero-order valence-corrected chi connectivity index (χ0v) is 7.14. The van der Waals surface area contributed by atoms with Crippen LogP contribution in [0.25, 0.3) is 0 Å². The Hall–Kier alpha value is -1.45. The molecule has 2 rings (SSSR count). The Balaban J connectivity index is 1.89. The van der Waals surface area contributed by atoms with E-state index in [1.54, 1.807) is 0 Å². The monoisotopic (exact) mass is 178 g/mol. The van der Waals surface area contributed by atoms with Gasteiger partial charge in [0.2, 0.25) is 0 Å². The van der Waals surface area contributed by atoms with Gasteiger partial charge in [-0.15, -0.1) is 0 Å². The first-order chi connectivity index (χ1) is 6.36. The molecule has 4 heteroatoms. The first-order valence-electron chi connectivity index (χ1n) is 4.29. The van der Waals surface area contributed by atoms with E-state index in [2.05, 4.69) is 9.97 Å². The fraction of sp³-hybridized carbons (Fsp3) is 0.444. The van der Waals surface area contributed by atoms with Gasteiger partial charge in [-0.1, -0.05) is 0 Å². The van der Waals surface area contributed by atoms with Crippen LogP contribution >= 0.6 is 0 Å². The van der Waals surface area contributed by atoms with Gasteiger partial charge in [0, 0.05) is 12.4 Å². The van der Waals surface area contributed by atoms with Crippen LogP contribution in [0.3, 0.4) is 0 Å². The summed E-state index contributed by atoms with van der Waals surface area (Å²) in [5.74, 6) is 0.209. The predicted octanol–water partition coefficient (Wildman–Crippen LogP) is 1.04. The fourth-order valence-corrected chi connectivity index (χ4v) is 0.956. The molecule has 1 saturated carbocycles. The largest absolute Gasteiger partial charge is 0.461 e. The molecule has 0 radical (unpaired) electrons. The Morgan fingerprint density at radius 2 is 2.38 bits per heavy atom. The summed E-state index contributed by atoms with van der Waals surface area (Å²) in [6.45, 7) is 0.523. The molecule has 0 aliphatic heterocycles. The number of carbonyl (C=O) groups is 1. The maximum absolute atomic E-state index is 11.3. The van der Waals surface area contributed by atoms with Crippen molar-refractivity contribution in [3.63, 3.8) is 0 Å². The van der Waals surface area contributed by atoms with E-state index in [1.807, 2.05) is 0 Å². The lowest BCUT2D eigenvalue weighted by Gasteiger charge is -2.01. The SMILES string of the molecule is O=C(OCC1CC1)c1cnccn1. The summed E-state index contributed by atoms with van der Waals surface area (Å²) in [7, 11) is 0. The third kappa shape index (κ3) is 2.24. The maximum atomic E-state index is 11.3. The fourth-order valence-electron chi connectivity index (χ4n) is 0.956. The number of rotatable bonds is 3. The summed E-state index contributed by atoms with van der Waals surface area (Å²) in [5, 5.41) is 0. The van der Waals surface area contributed by atoms with Gasteiger partial charge in [0.15, 0.2) is 5.69 Å². The molecule has 1 fully saturated rings. The van der Waals surface area contributed by atoms with Crippen molar-refractivity contribution in [2.75, 3.05) is 6.61 Å². The minimum absolute atomic E-state index is 0.281. The van der Waals surface area contributed by atoms with Crippen molar-refractivity contribution in [1.82, 2.24) is 9.97 Å². The van der Waals surface area contributed by atoms with Crippen LogP contribution in [0.15, 0.2) is 18.6 Å². The van der Waals surface area contributed by atoms with Gasteiger partial charge in [0.25, 0.3) is 0 Å². The molecule has 13 heavy (non-hydrogen) atoms. The van der Waals surface area contributed by atoms with Gasteiger partial charge < -0.3 is 4.74 Å². The number of esters is 1. The van der Waals surface area contributed by atoms with Crippen molar-refractivity contribution in [2.45, 2.75) is 12.8 Å². The van der Waals surface area contributed by atoms with E-state index in [1.165, 1.54) is 31.4 Å². The lowest BCUT2D eigenvalue weighted by molar-refractivity contribution is 0.0478. The normalized spacial score (nSPS) is 15.4. The molecule has 0 spiro atoms. The highest BCUT2D eigenvalue weighted by Crippen LogP contribution is 2.28. The molecule has 0 unspecified atom stereocenters.